The number of aliphatic carboxylic acids is 7. The summed E-state index contributed by atoms with van der Waals surface area (Å²) in [5.41, 5.74) is 0. The molecule has 2 aromatic rings. The van der Waals surface area contributed by atoms with Gasteiger partial charge < -0.3 is 70.6 Å². The number of nitrogens with one attached hydrogen (secondary N) is 3. The summed E-state index contributed by atoms with van der Waals surface area (Å²) in [6.45, 7) is -5.62. The summed E-state index contributed by atoms with van der Waals surface area (Å²) in [4.78, 5) is 142. The van der Waals surface area contributed by atoms with E-state index in [-0.39, 0.29) is 50.5 Å². The summed E-state index contributed by atoms with van der Waals surface area (Å²) >= 11 is 0. The predicted octanol–water partition coefficient (Wildman–Crippen LogP) is -3.57. The normalized spacial score (nSPS) is 11.8. The van der Waals surface area contributed by atoms with Gasteiger partial charge in [0.15, 0.2) is 0 Å². The van der Waals surface area contributed by atoms with Crippen molar-refractivity contribution in [2.45, 2.75) is 70.4 Å². The van der Waals surface area contributed by atoms with Crippen molar-refractivity contribution in [2.75, 3.05) is 39.3 Å². The van der Waals surface area contributed by atoms with Crippen molar-refractivity contribution < 1.29 is 88.5 Å². The Labute approximate surface area is 349 Å². The van der Waals surface area contributed by atoms with Gasteiger partial charge in [-0.1, -0.05) is 0 Å². The smallest absolute Gasteiger partial charge is 0.326 e. The molecule has 5 amide bonds. The van der Waals surface area contributed by atoms with Crippen molar-refractivity contribution in [1.82, 2.24) is 49.8 Å². The third-order valence-electron chi connectivity index (χ3n) is 8.42. The van der Waals surface area contributed by atoms with E-state index in [9.17, 15) is 63.0 Å². The Balaban J connectivity index is 2.20. The number of carbonyl (C=O) groups excluding carboxylic acids is 4. The van der Waals surface area contributed by atoms with Crippen LogP contribution in [0.1, 0.15) is 43.8 Å². The summed E-state index contributed by atoms with van der Waals surface area (Å²) in [7, 11) is 0. The maximum Gasteiger partial charge on any atom is 0.326 e. The highest BCUT2D eigenvalue weighted by molar-refractivity contribution is 5.87. The van der Waals surface area contributed by atoms with Gasteiger partial charge >= 0.3 is 47.8 Å². The van der Waals surface area contributed by atoms with Crippen LogP contribution in [0.4, 0.5) is 4.79 Å². The second-order valence-electron chi connectivity index (χ2n) is 13.3. The number of carbonyl (C=O) groups is 11. The van der Waals surface area contributed by atoms with Crippen LogP contribution in [0, 0.1) is 0 Å². The van der Waals surface area contributed by atoms with Crippen LogP contribution in [-0.2, 0) is 74.1 Å². The Morgan fingerprint density at radius 2 is 0.984 bits per heavy atom. The first-order valence-corrected chi connectivity index (χ1v) is 18.3. The molecule has 2 aromatic heterocycles. The fourth-order valence-electron chi connectivity index (χ4n) is 5.55. The van der Waals surface area contributed by atoms with E-state index in [1.807, 2.05) is 5.32 Å². The van der Waals surface area contributed by atoms with Crippen molar-refractivity contribution in [3.05, 3.63) is 36.4 Å². The van der Waals surface area contributed by atoms with E-state index in [1.54, 1.807) is 0 Å². The molecule has 2 atom stereocenters. The van der Waals surface area contributed by atoms with E-state index < -0.39 is 136 Å². The molecule has 10 N–H and O–H groups in total. The van der Waals surface area contributed by atoms with Crippen LogP contribution < -0.4 is 16.0 Å². The molecule has 28 nitrogen and oxygen atoms in total. The lowest BCUT2D eigenvalue weighted by atomic mass is 10.1. The molecular weight excluding hydrogens is 836 g/mol. The first-order chi connectivity index (χ1) is 29.1. The maximum absolute atomic E-state index is 13.2. The molecule has 0 radical (unpaired) electrons. The molecule has 0 saturated carbocycles. The number of aromatic nitrogens is 4. The third kappa shape index (κ3) is 18.9. The largest absolute Gasteiger partial charge is 0.481 e. The minimum absolute atomic E-state index is 0.0142. The van der Waals surface area contributed by atoms with Crippen molar-refractivity contribution >= 4 is 65.5 Å². The summed E-state index contributed by atoms with van der Waals surface area (Å²) in [6, 6.07) is -4.24. The lowest BCUT2D eigenvalue weighted by molar-refractivity contribution is -0.150. The number of imidazole rings is 2. The summed E-state index contributed by atoms with van der Waals surface area (Å²) in [5.74, 6) is -12.3. The molecule has 0 fully saturated rings. The number of nitrogens with zero attached hydrogens (tertiary/aromatic N) is 7. The Hall–Kier alpha value is -7.65. The van der Waals surface area contributed by atoms with Crippen LogP contribution in [0.25, 0.3) is 0 Å². The van der Waals surface area contributed by atoms with Gasteiger partial charge in [0, 0.05) is 37.8 Å². The standard InChI is InChI=1S/C34H46N10O18/c45-24(37-6-2-1-3-20(32(58)59)38-34(62)39-21(33(60)61)4-5-27(48)49)13-40(11-22-35-7-9-41(22)14-25(46)43(16-28(50)51)17-29(52)53)12-23-36-8-10-42(23)15-26(47)44(18-30(54)55)19-31(56)57/h7-10,20-21H,1-6,11-19H2,(H,37,45)(H,48,49)(H,50,51)(H,52,53)(H,54,55)(H,56,57)(H,58,59)(H,60,61)(H2,38,39,62)/t20-,21-/m0/s1. The number of unbranched alkanes of at least 4 members (excludes halogenated alkanes) is 1. The van der Waals surface area contributed by atoms with Gasteiger partial charge in [-0.2, -0.15) is 0 Å². The van der Waals surface area contributed by atoms with Gasteiger partial charge in [0.25, 0.3) is 0 Å². The average Bonchev–Trinajstić information content (AvgIpc) is 3.79. The second kappa shape index (κ2) is 25.1. The molecule has 0 saturated heterocycles. The number of carboxylic acid groups (broad SMARTS) is 7. The molecule has 340 valence electrons. The van der Waals surface area contributed by atoms with Gasteiger partial charge in [-0.15, -0.1) is 0 Å². The minimum Gasteiger partial charge on any atom is -0.481 e. The fraction of sp³-hybridized carbons (Fsp3) is 0.500. The zero-order valence-electron chi connectivity index (χ0n) is 32.8. The Morgan fingerprint density at radius 1 is 0.565 bits per heavy atom. The van der Waals surface area contributed by atoms with Gasteiger partial charge in [-0.3, -0.25) is 43.3 Å². The van der Waals surface area contributed by atoms with E-state index in [0.29, 0.717) is 9.80 Å². The van der Waals surface area contributed by atoms with Crippen molar-refractivity contribution in [2.24, 2.45) is 0 Å². The number of hydrogen-bond acceptors (Lipinski definition) is 14. The SMILES string of the molecule is O=C(O)CC[C@H](NC(=O)N[C@@H](CCCCNC(=O)CN(Cc1nccn1CC(=O)N(CC(=O)O)CC(=O)O)Cc1nccn1CC(=O)N(CC(=O)O)CC(=O)O)C(=O)O)C(=O)O. The quantitative estimate of drug-likeness (QED) is 0.0339. The molecular formula is C34H46N10O18. The fourth-order valence-corrected chi connectivity index (χ4v) is 5.55. The third-order valence-corrected chi connectivity index (χ3v) is 8.42. The molecule has 0 aromatic carbocycles. The molecule has 0 aliphatic rings. The minimum atomic E-state index is -1.60. The number of amides is 5. The molecule has 0 aliphatic carbocycles. The van der Waals surface area contributed by atoms with Gasteiger partial charge in [-0.25, -0.2) is 24.4 Å². The Kier molecular flexibility index (Phi) is 20.4. The molecule has 0 bridgehead atoms. The Bertz CT molecular complexity index is 1840. The number of rotatable bonds is 30. The first kappa shape index (κ1) is 50.5. The van der Waals surface area contributed by atoms with E-state index in [4.69, 9.17) is 25.5 Å². The molecule has 0 spiro atoms. The summed E-state index contributed by atoms with van der Waals surface area (Å²) < 4.78 is 2.56. The average molecular weight is 883 g/mol. The summed E-state index contributed by atoms with van der Waals surface area (Å²) in [6.07, 6.45) is 4.37. The maximum atomic E-state index is 13.2. The van der Waals surface area contributed by atoms with Gasteiger partial charge in [0.05, 0.1) is 19.6 Å². The molecule has 28 heteroatoms. The van der Waals surface area contributed by atoms with Crippen LogP contribution in [0.3, 0.4) is 0 Å². The Morgan fingerprint density at radius 3 is 1.37 bits per heavy atom. The molecule has 2 rings (SSSR count). The van der Waals surface area contributed by atoms with Gasteiger partial charge in [0.2, 0.25) is 17.7 Å². The zero-order chi connectivity index (χ0) is 46.5. The van der Waals surface area contributed by atoms with Gasteiger partial charge in [-0.05, 0) is 25.7 Å². The van der Waals surface area contributed by atoms with Crippen molar-refractivity contribution in [3.63, 3.8) is 0 Å². The van der Waals surface area contributed by atoms with E-state index in [0.717, 1.165) is 0 Å². The number of carboxylic acids is 7. The number of hydrogen-bond donors (Lipinski definition) is 10. The molecule has 62 heavy (non-hydrogen) atoms. The van der Waals surface area contributed by atoms with Crippen molar-refractivity contribution in [3.8, 4) is 0 Å². The van der Waals surface area contributed by atoms with E-state index in [1.165, 1.54) is 38.8 Å². The topological polar surface area (TPSA) is 411 Å². The highest BCUT2D eigenvalue weighted by Gasteiger charge is 2.27. The highest BCUT2D eigenvalue weighted by Crippen LogP contribution is 2.11. The molecule has 2 heterocycles. The lowest BCUT2D eigenvalue weighted by Gasteiger charge is -2.24. The van der Waals surface area contributed by atoms with Crippen LogP contribution in [-0.4, -0.2) is 186 Å². The van der Waals surface area contributed by atoms with Gasteiger partial charge in [0.1, 0.15) is 63.0 Å². The van der Waals surface area contributed by atoms with Crippen LogP contribution in [0.15, 0.2) is 24.8 Å². The second-order valence-corrected chi connectivity index (χ2v) is 13.3. The summed E-state index contributed by atoms with van der Waals surface area (Å²) in [5, 5.41) is 71.0. The van der Waals surface area contributed by atoms with E-state index >= 15 is 0 Å². The van der Waals surface area contributed by atoms with Crippen molar-refractivity contribution in [1.29, 1.82) is 0 Å². The monoisotopic (exact) mass is 882 g/mol. The molecule has 0 aliphatic heterocycles. The number of urea groups is 1. The predicted molar refractivity (Wildman–Crippen MR) is 201 cm³/mol. The first-order valence-electron chi connectivity index (χ1n) is 18.3. The van der Waals surface area contributed by atoms with Crippen LogP contribution in [0.5, 0.6) is 0 Å². The van der Waals surface area contributed by atoms with Crippen LogP contribution in [0.2, 0.25) is 0 Å². The lowest BCUT2D eigenvalue weighted by Crippen LogP contribution is -2.51. The van der Waals surface area contributed by atoms with Crippen LogP contribution >= 0.6 is 0 Å². The molecule has 0 unspecified atom stereocenters. The zero-order valence-corrected chi connectivity index (χ0v) is 32.8. The highest BCUT2D eigenvalue weighted by atomic mass is 16.4. The van der Waals surface area contributed by atoms with E-state index in [2.05, 4.69) is 20.6 Å².